The minimum absolute atomic E-state index is 0.140. The maximum absolute atomic E-state index is 12.3. The highest BCUT2D eigenvalue weighted by atomic mass is 79.9. The zero-order valence-electron chi connectivity index (χ0n) is 10.9. The third-order valence-corrected chi connectivity index (χ3v) is 4.23. The maximum Gasteiger partial charge on any atom is 0.275 e. The molecule has 2 aromatic rings. The zero-order valence-corrected chi connectivity index (χ0v) is 13.3. The largest absolute Gasteiger partial charge is 0.480 e. The predicted octanol–water partition coefficient (Wildman–Crippen LogP) is 2.52. The normalized spacial score (nSPS) is 10.5. The molecule has 0 N–H and O–H groups in total. The topological polar surface area (TPSA) is 47.4 Å². The SMILES string of the molecule is COc1c(Br)c(C(=O)N(C)Cc2cccs2)nn1C. The molecule has 0 radical (unpaired) electrons. The third kappa shape index (κ3) is 2.82. The van der Waals surface area contributed by atoms with Crippen molar-refractivity contribution >= 4 is 33.2 Å². The lowest BCUT2D eigenvalue weighted by Gasteiger charge is -2.14. The lowest BCUT2D eigenvalue weighted by atomic mass is 10.3. The molecule has 0 atom stereocenters. The van der Waals surface area contributed by atoms with Crippen molar-refractivity contribution in [3.05, 3.63) is 32.6 Å². The first-order valence-corrected chi connectivity index (χ1v) is 7.26. The Morgan fingerprint density at radius 3 is 2.89 bits per heavy atom. The number of hydrogen-bond donors (Lipinski definition) is 0. The molecule has 5 nitrogen and oxygen atoms in total. The van der Waals surface area contributed by atoms with Crippen LogP contribution in [0.15, 0.2) is 22.0 Å². The van der Waals surface area contributed by atoms with Crippen LogP contribution in [0.1, 0.15) is 15.4 Å². The minimum atomic E-state index is -0.140. The number of methoxy groups -OCH3 is 1. The Labute approximate surface area is 123 Å². The Hall–Kier alpha value is -1.34. The number of aromatic nitrogens is 2. The van der Waals surface area contributed by atoms with Crippen molar-refractivity contribution in [3.63, 3.8) is 0 Å². The first-order chi connectivity index (χ1) is 9.04. The molecule has 0 saturated heterocycles. The molecule has 2 aromatic heterocycles. The van der Waals surface area contributed by atoms with Crippen LogP contribution in [0.25, 0.3) is 0 Å². The molecule has 0 aliphatic rings. The van der Waals surface area contributed by atoms with Gasteiger partial charge in [0.2, 0.25) is 5.88 Å². The van der Waals surface area contributed by atoms with E-state index >= 15 is 0 Å². The van der Waals surface area contributed by atoms with Crippen molar-refractivity contribution in [1.29, 1.82) is 0 Å². The molecular weight excluding hydrogens is 330 g/mol. The number of hydrogen-bond acceptors (Lipinski definition) is 4. The number of amides is 1. The summed E-state index contributed by atoms with van der Waals surface area (Å²) in [7, 11) is 5.04. The fraction of sp³-hybridized carbons (Fsp3) is 0.333. The molecule has 0 spiro atoms. The molecule has 19 heavy (non-hydrogen) atoms. The molecule has 2 heterocycles. The standard InChI is InChI=1S/C12H14BrN3O2S/c1-15(7-8-5-4-6-19-8)11(17)10-9(13)12(18-3)16(2)14-10/h4-6H,7H2,1-3H3. The Kier molecular flexibility index (Phi) is 4.26. The van der Waals surface area contributed by atoms with Gasteiger partial charge in [-0.1, -0.05) is 6.07 Å². The quantitative estimate of drug-likeness (QED) is 0.856. The summed E-state index contributed by atoms with van der Waals surface area (Å²) < 4.78 is 7.30. The summed E-state index contributed by atoms with van der Waals surface area (Å²) in [6.07, 6.45) is 0. The highest BCUT2D eigenvalue weighted by Crippen LogP contribution is 2.28. The molecule has 0 aromatic carbocycles. The number of rotatable bonds is 4. The van der Waals surface area contributed by atoms with Crippen LogP contribution in [0.2, 0.25) is 0 Å². The maximum atomic E-state index is 12.3. The first kappa shape index (κ1) is 14.1. The average molecular weight is 344 g/mol. The van der Waals surface area contributed by atoms with Crippen molar-refractivity contribution in [2.75, 3.05) is 14.2 Å². The minimum Gasteiger partial charge on any atom is -0.480 e. The highest BCUT2D eigenvalue weighted by Gasteiger charge is 2.23. The summed E-state index contributed by atoms with van der Waals surface area (Å²) in [5.41, 5.74) is 0.360. The molecule has 0 bridgehead atoms. The number of ether oxygens (including phenoxy) is 1. The fourth-order valence-electron chi connectivity index (χ4n) is 1.73. The molecule has 0 aliphatic carbocycles. The van der Waals surface area contributed by atoms with Crippen LogP contribution in [-0.4, -0.2) is 34.7 Å². The Bertz CT molecular complexity index is 580. The summed E-state index contributed by atoms with van der Waals surface area (Å²) in [4.78, 5) is 15.1. The molecule has 102 valence electrons. The van der Waals surface area contributed by atoms with Gasteiger partial charge in [-0.2, -0.15) is 5.10 Å². The van der Waals surface area contributed by atoms with E-state index in [0.717, 1.165) is 4.88 Å². The van der Waals surface area contributed by atoms with Gasteiger partial charge in [-0.3, -0.25) is 4.79 Å². The molecule has 0 aliphatic heterocycles. The predicted molar refractivity (Wildman–Crippen MR) is 77.6 cm³/mol. The third-order valence-electron chi connectivity index (χ3n) is 2.66. The molecular formula is C12H14BrN3O2S. The van der Waals surface area contributed by atoms with Gasteiger partial charge in [0.25, 0.3) is 5.91 Å². The summed E-state index contributed by atoms with van der Waals surface area (Å²) in [6, 6.07) is 3.97. The first-order valence-electron chi connectivity index (χ1n) is 5.59. The number of carbonyl (C=O) groups is 1. The van der Waals surface area contributed by atoms with Crippen molar-refractivity contribution in [2.24, 2.45) is 7.05 Å². The highest BCUT2D eigenvalue weighted by molar-refractivity contribution is 9.10. The summed E-state index contributed by atoms with van der Waals surface area (Å²) in [6.45, 7) is 0.571. The summed E-state index contributed by atoms with van der Waals surface area (Å²) >= 11 is 4.98. The molecule has 7 heteroatoms. The van der Waals surface area contributed by atoms with Crippen LogP contribution in [0.3, 0.4) is 0 Å². The van der Waals surface area contributed by atoms with E-state index in [4.69, 9.17) is 4.74 Å². The van der Waals surface area contributed by atoms with Crippen LogP contribution < -0.4 is 4.74 Å². The molecule has 0 saturated carbocycles. The number of aryl methyl sites for hydroxylation is 1. The average Bonchev–Trinajstić information content (AvgIpc) is 2.97. The van der Waals surface area contributed by atoms with E-state index in [1.54, 1.807) is 37.4 Å². The second kappa shape index (κ2) is 5.75. The van der Waals surface area contributed by atoms with Crippen LogP contribution in [0, 0.1) is 0 Å². The van der Waals surface area contributed by atoms with E-state index in [2.05, 4.69) is 21.0 Å². The van der Waals surface area contributed by atoms with Crippen molar-refractivity contribution in [3.8, 4) is 5.88 Å². The van der Waals surface area contributed by atoms with E-state index in [9.17, 15) is 4.79 Å². The van der Waals surface area contributed by atoms with E-state index in [1.807, 2.05) is 17.5 Å². The number of halogens is 1. The van der Waals surface area contributed by atoms with Crippen LogP contribution in [-0.2, 0) is 13.6 Å². The second-order valence-electron chi connectivity index (χ2n) is 4.04. The Morgan fingerprint density at radius 2 is 2.37 bits per heavy atom. The zero-order chi connectivity index (χ0) is 14.0. The molecule has 2 rings (SSSR count). The monoisotopic (exact) mass is 343 g/mol. The van der Waals surface area contributed by atoms with E-state index in [1.165, 1.54) is 4.68 Å². The molecule has 1 amide bonds. The van der Waals surface area contributed by atoms with E-state index in [0.29, 0.717) is 22.6 Å². The van der Waals surface area contributed by atoms with Gasteiger partial charge < -0.3 is 9.64 Å². The van der Waals surface area contributed by atoms with Crippen LogP contribution in [0.4, 0.5) is 0 Å². The van der Waals surface area contributed by atoms with Gasteiger partial charge >= 0.3 is 0 Å². The fourth-order valence-corrected chi connectivity index (χ4v) is 3.15. The van der Waals surface area contributed by atoms with Gasteiger partial charge in [0.05, 0.1) is 13.7 Å². The van der Waals surface area contributed by atoms with Gasteiger partial charge in [-0.05, 0) is 27.4 Å². The Balaban J connectivity index is 2.19. The second-order valence-corrected chi connectivity index (χ2v) is 5.86. The Morgan fingerprint density at radius 1 is 1.63 bits per heavy atom. The molecule has 0 fully saturated rings. The van der Waals surface area contributed by atoms with E-state index < -0.39 is 0 Å². The van der Waals surface area contributed by atoms with Crippen molar-refractivity contribution < 1.29 is 9.53 Å². The van der Waals surface area contributed by atoms with Crippen molar-refractivity contribution in [2.45, 2.75) is 6.54 Å². The summed E-state index contributed by atoms with van der Waals surface area (Å²) in [5, 5.41) is 6.18. The lowest BCUT2D eigenvalue weighted by Crippen LogP contribution is -2.26. The smallest absolute Gasteiger partial charge is 0.275 e. The van der Waals surface area contributed by atoms with Crippen molar-refractivity contribution in [1.82, 2.24) is 14.7 Å². The van der Waals surface area contributed by atoms with Gasteiger partial charge in [0, 0.05) is 19.0 Å². The van der Waals surface area contributed by atoms with Crippen LogP contribution in [0.5, 0.6) is 5.88 Å². The van der Waals surface area contributed by atoms with E-state index in [-0.39, 0.29) is 5.91 Å². The van der Waals surface area contributed by atoms with Crippen LogP contribution >= 0.6 is 27.3 Å². The van der Waals surface area contributed by atoms with Gasteiger partial charge in [0.1, 0.15) is 4.47 Å². The lowest BCUT2D eigenvalue weighted by molar-refractivity contribution is 0.0779. The molecule has 0 unspecified atom stereocenters. The number of thiophene rings is 1. The van der Waals surface area contributed by atoms with Gasteiger partial charge in [-0.15, -0.1) is 11.3 Å². The van der Waals surface area contributed by atoms with Gasteiger partial charge in [-0.25, -0.2) is 4.68 Å². The van der Waals surface area contributed by atoms with Gasteiger partial charge in [0.15, 0.2) is 5.69 Å². The summed E-state index contributed by atoms with van der Waals surface area (Å²) in [5.74, 6) is 0.395. The number of nitrogens with zero attached hydrogens (tertiary/aromatic N) is 3. The number of carbonyl (C=O) groups excluding carboxylic acids is 1.